The van der Waals surface area contributed by atoms with E-state index in [4.69, 9.17) is 0 Å². The molecule has 1 N–H and O–H groups in total. The zero-order valence-electron chi connectivity index (χ0n) is 16.9. The number of non-ortho nitro benzene ring substituents is 1. The molecule has 0 spiro atoms. The summed E-state index contributed by atoms with van der Waals surface area (Å²) in [7, 11) is 0. The second-order valence-electron chi connectivity index (χ2n) is 7.31. The number of rotatable bonds is 6. The molecule has 1 amide bonds. The van der Waals surface area contributed by atoms with Gasteiger partial charge in [-0.25, -0.2) is 0 Å². The normalized spacial score (nSPS) is 17.5. The van der Waals surface area contributed by atoms with E-state index in [0.29, 0.717) is 17.5 Å². The molecule has 1 aliphatic rings. The molecule has 3 aromatic rings. The summed E-state index contributed by atoms with van der Waals surface area (Å²) in [5.74, 6) is -1.83. The lowest BCUT2D eigenvalue weighted by Gasteiger charge is -2.25. The Morgan fingerprint density at radius 3 is 2.28 bits per heavy atom. The minimum Gasteiger partial charge on any atom is -0.507 e. The number of ketones is 1. The van der Waals surface area contributed by atoms with Crippen molar-refractivity contribution < 1.29 is 19.6 Å². The smallest absolute Gasteiger partial charge is 0.295 e. The number of carbonyl (C=O) groups excluding carboxylic acids is 2. The Hall–Kier alpha value is -4.33. The molecular formula is C24H19N3O5. The predicted octanol–water partition coefficient (Wildman–Crippen LogP) is 3.65. The van der Waals surface area contributed by atoms with Gasteiger partial charge in [0, 0.05) is 36.6 Å². The Morgan fingerprint density at radius 2 is 1.66 bits per heavy atom. The standard InChI is InChI=1S/C24H19N3O5/c28-22(18-10-13-25-14-11-18)20-21(17-6-8-19(9-7-17)27(31)32)26(24(30)23(20)29)15-12-16-4-2-1-3-5-16/h1-11,13-14,21,28H,12,15H2. The summed E-state index contributed by atoms with van der Waals surface area (Å²) in [5, 5.41) is 22.0. The molecule has 2 aromatic carbocycles. The summed E-state index contributed by atoms with van der Waals surface area (Å²) < 4.78 is 0. The fourth-order valence-corrected chi connectivity index (χ4v) is 3.80. The van der Waals surface area contributed by atoms with E-state index in [-0.39, 0.29) is 23.6 Å². The van der Waals surface area contributed by atoms with Gasteiger partial charge in [-0.2, -0.15) is 0 Å². The largest absolute Gasteiger partial charge is 0.507 e. The number of aliphatic hydroxyl groups excluding tert-OH is 1. The van der Waals surface area contributed by atoms with E-state index in [9.17, 15) is 24.8 Å². The Kier molecular flexibility index (Phi) is 5.76. The van der Waals surface area contributed by atoms with Gasteiger partial charge in [-0.3, -0.25) is 24.7 Å². The average Bonchev–Trinajstić information content (AvgIpc) is 3.08. The van der Waals surface area contributed by atoms with Gasteiger partial charge in [-0.15, -0.1) is 0 Å². The number of carbonyl (C=O) groups is 2. The first-order chi connectivity index (χ1) is 15.5. The number of benzene rings is 2. The van der Waals surface area contributed by atoms with Gasteiger partial charge in [-0.05, 0) is 41.8 Å². The van der Waals surface area contributed by atoms with Crippen LogP contribution in [0, 0.1) is 10.1 Å². The van der Waals surface area contributed by atoms with Crippen LogP contribution in [-0.4, -0.2) is 38.1 Å². The summed E-state index contributed by atoms with van der Waals surface area (Å²) in [6, 6.07) is 17.4. The highest BCUT2D eigenvalue weighted by Gasteiger charge is 2.45. The third-order valence-corrected chi connectivity index (χ3v) is 5.40. The number of hydrogen-bond donors (Lipinski definition) is 1. The lowest BCUT2D eigenvalue weighted by molar-refractivity contribution is -0.384. The Bertz CT molecular complexity index is 1190. The van der Waals surface area contributed by atoms with Crippen molar-refractivity contribution in [1.82, 2.24) is 9.88 Å². The summed E-state index contributed by atoms with van der Waals surface area (Å²) >= 11 is 0. The number of aliphatic hydroxyl groups is 1. The van der Waals surface area contributed by atoms with Gasteiger partial charge < -0.3 is 10.0 Å². The van der Waals surface area contributed by atoms with Crippen molar-refractivity contribution in [3.05, 3.63) is 112 Å². The number of nitro benzene ring substituents is 1. The van der Waals surface area contributed by atoms with Crippen LogP contribution in [0.15, 0.2) is 84.7 Å². The third kappa shape index (κ3) is 3.98. The molecule has 1 saturated heterocycles. The van der Waals surface area contributed by atoms with Crippen molar-refractivity contribution in [1.29, 1.82) is 0 Å². The summed E-state index contributed by atoms with van der Waals surface area (Å²) in [6.07, 6.45) is 3.45. The summed E-state index contributed by atoms with van der Waals surface area (Å²) in [6.45, 7) is 0.239. The van der Waals surface area contributed by atoms with Gasteiger partial charge in [0.15, 0.2) is 0 Å². The van der Waals surface area contributed by atoms with Crippen LogP contribution < -0.4 is 0 Å². The number of Topliss-reactive ketones (excluding diaryl/α,β-unsaturated/α-hetero) is 1. The Morgan fingerprint density at radius 1 is 1.00 bits per heavy atom. The highest BCUT2D eigenvalue weighted by Crippen LogP contribution is 2.39. The molecule has 0 aliphatic carbocycles. The average molecular weight is 429 g/mol. The van der Waals surface area contributed by atoms with Crippen LogP contribution in [0.4, 0.5) is 5.69 Å². The Labute approximate surface area is 183 Å². The molecule has 4 rings (SSSR count). The highest BCUT2D eigenvalue weighted by molar-refractivity contribution is 6.46. The van der Waals surface area contributed by atoms with Gasteiger partial charge >= 0.3 is 0 Å². The molecule has 1 aliphatic heterocycles. The van der Waals surface area contributed by atoms with Crippen LogP contribution in [0.5, 0.6) is 0 Å². The van der Waals surface area contributed by atoms with E-state index in [1.54, 1.807) is 12.1 Å². The maximum Gasteiger partial charge on any atom is 0.295 e. The third-order valence-electron chi connectivity index (χ3n) is 5.40. The molecule has 0 bridgehead atoms. The number of nitrogens with zero attached hydrogens (tertiary/aromatic N) is 3. The molecule has 1 aromatic heterocycles. The van der Waals surface area contributed by atoms with Crippen molar-refractivity contribution in [2.75, 3.05) is 6.54 Å². The van der Waals surface area contributed by atoms with Gasteiger partial charge in [0.05, 0.1) is 16.5 Å². The monoisotopic (exact) mass is 429 g/mol. The first-order valence-corrected chi connectivity index (χ1v) is 9.94. The number of likely N-dealkylation sites (tertiary alicyclic amines) is 1. The van der Waals surface area contributed by atoms with E-state index in [0.717, 1.165) is 5.56 Å². The summed E-state index contributed by atoms with van der Waals surface area (Å²) in [4.78, 5) is 41.8. The second kappa shape index (κ2) is 8.81. The molecule has 8 nitrogen and oxygen atoms in total. The fraction of sp³-hybridized carbons (Fsp3) is 0.125. The molecule has 160 valence electrons. The number of pyridine rings is 1. The van der Waals surface area contributed by atoms with Gasteiger partial charge in [0.1, 0.15) is 5.76 Å². The van der Waals surface area contributed by atoms with Crippen LogP contribution in [0.1, 0.15) is 22.7 Å². The van der Waals surface area contributed by atoms with E-state index in [2.05, 4.69) is 4.98 Å². The van der Waals surface area contributed by atoms with E-state index >= 15 is 0 Å². The Balaban J connectivity index is 1.78. The van der Waals surface area contributed by atoms with Crippen LogP contribution in [-0.2, 0) is 16.0 Å². The minimum absolute atomic E-state index is 0.0527. The van der Waals surface area contributed by atoms with Crippen molar-refractivity contribution in [3.8, 4) is 0 Å². The number of amides is 1. The maximum atomic E-state index is 13.0. The SMILES string of the molecule is O=C1C(=O)N(CCc2ccccc2)C(c2ccc([N+](=O)[O-])cc2)C1=C(O)c1ccncc1. The fourth-order valence-electron chi connectivity index (χ4n) is 3.80. The first kappa shape index (κ1) is 20.9. The molecule has 32 heavy (non-hydrogen) atoms. The second-order valence-corrected chi connectivity index (χ2v) is 7.31. The molecule has 0 radical (unpaired) electrons. The van der Waals surface area contributed by atoms with E-state index < -0.39 is 22.7 Å². The lowest BCUT2D eigenvalue weighted by atomic mass is 9.95. The van der Waals surface area contributed by atoms with E-state index in [1.807, 2.05) is 30.3 Å². The highest BCUT2D eigenvalue weighted by atomic mass is 16.6. The molecule has 8 heteroatoms. The van der Waals surface area contributed by atoms with Gasteiger partial charge in [0.25, 0.3) is 17.4 Å². The van der Waals surface area contributed by atoms with Crippen LogP contribution in [0.2, 0.25) is 0 Å². The molecular weight excluding hydrogens is 410 g/mol. The van der Waals surface area contributed by atoms with Crippen LogP contribution in [0.3, 0.4) is 0 Å². The minimum atomic E-state index is -0.868. The predicted molar refractivity (Wildman–Crippen MR) is 116 cm³/mol. The van der Waals surface area contributed by atoms with Crippen molar-refractivity contribution in [2.24, 2.45) is 0 Å². The maximum absolute atomic E-state index is 13.0. The zero-order chi connectivity index (χ0) is 22.7. The van der Waals surface area contributed by atoms with E-state index in [1.165, 1.54) is 41.6 Å². The quantitative estimate of drug-likeness (QED) is 0.210. The van der Waals surface area contributed by atoms with Crippen molar-refractivity contribution in [2.45, 2.75) is 12.5 Å². The number of nitro groups is 1. The zero-order valence-corrected chi connectivity index (χ0v) is 16.9. The van der Waals surface area contributed by atoms with Crippen LogP contribution in [0.25, 0.3) is 5.76 Å². The topological polar surface area (TPSA) is 114 Å². The summed E-state index contributed by atoms with van der Waals surface area (Å²) in [5.41, 5.74) is 1.68. The van der Waals surface area contributed by atoms with Gasteiger partial charge in [0.2, 0.25) is 0 Å². The van der Waals surface area contributed by atoms with Crippen LogP contribution >= 0.6 is 0 Å². The molecule has 1 atom stereocenters. The van der Waals surface area contributed by atoms with Crippen molar-refractivity contribution >= 4 is 23.1 Å². The first-order valence-electron chi connectivity index (χ1n) is 9.94. The number of hydrogen-bond acceptors (Lipinski definition) is 6. The molecule has 1 unspecified atom stereocenters. The lowest BCUT2D eigenvalue weighted by Crippen LogP contribution is -2.31. The molecule has 0 saturated carbocycles. The number of aromatic nitrogens is 1. The van der Waals surface area contributed by atoms with Crippen molar-refractivity contribution in [3.63, 3.8) is 0 Å². The van der Waals surface area contributed by atoms with Gasteiger partial charge in [-0.1, -0.05) is 30.3 Å². The molecule has 2 heterocycles. The molecule has 1 fully saturated rings.